The first kappa shape index (κ1) is 15.9. The molecule has 1 aromatic carbocycles. The van der Waals surface area contributed by atoms with Gasteiger partial charge in [0.25, 0.3) is 0 Å². The van der Waals surface area contributed by atoms with Crippen LogP contribution in [0, 0.1) is 5.41 Å². The fourth-order valence-corrected chi connectivity index (χ4v) is 2.92. The zero-order valence-corrected chi connectivity index (χ0v) is 13.8. The van der Waals surface area contributed by atoms with Crippen LogP contribution in [0.1, 0.15) is 46.6 Å². The second kappa shape index (κ2) is 5.70. The fraction of sp³-hybridized carbons (Fsp3) is 0.611. The number of ether oxygens (including phenoxy) is 1. The lowest BCUT2D eigenvalue weighted by Crippen LogP contribution is -2.44. The SMILES string of the molecule is CC(C)(C)OC(=O)N1CCC(C)(C)C1Cc1ccccc1. The van der Waals surface area contributed by atoms with Gasteiger partial charge in [-0.05, 0) is 44.6 Å². The summed E-state index contributed by atoms with van der Waals surface area (Å²) in [7, 11) is 0. The number of carbonyl (C=O) groups is 1. The first-order valence-electron chi connectivity index (χ1n) is 7.73. The molecule has 1 aromatic rings. The normalized spacial score (nSPS) is 21.4. The Bertz CT molecular complexity index is 488. The standard InChI is InChI=1S/C18H27NO2/c1-17(2,3)21-16(20)19-12-11-18(4,5)15(19)13-14-9-7-6-8-10-14/h6-10,15H,11-13H2,1-5H3. The molecular formula is C18H27NO2. The first-order chi connectivity index (χ1) is 9.69. The Balaban J connectivity index is 2.15. The molecule has 1 heterocycles. The zero-order valence-electron chi connectivity index (χ0n) is 13.8. The van der Waals surface area contributed by atoms with Crippen LogP contribution in [0.25, 0.3) is 0 Å². The summed E-state index contributed by atoms with van der Waals surface area (Å²) in [6.45, 7) is 11.0. The maximum atomic E-state index is 12.5. The Labute approximate surface area is 128 Å². The first-order valence-corrected chi connectivity index (χ1v) is 7.73. The van der Waals surface area contributed by atoms with Gasteiger partial charge in [-0.2, -0.15) is 0 Å². The fourth-order valence-electron chi connectivity index (χ4n) is 2.92. The smallest absolute Gasteiger partial charge is 0.410 e. The van der Waals surface area contributed by atoms with E-state index in [1.807, 2.05) is 31.7 Å². The van der Waals surface area contributed by atoms with Crippen molar-refractivity contribution >= 4 is 6.09 Å². The molecule has 0 N–H and O–H groups in total. The molecule has 0 saturated carbocycles. The molecule has 1 atom stereocenters. The zero-order chi connectivity index (χ0) is 15.7. The third-order valence-corrected chi connectivity index (χ3v) is 4.18. The highest BCUT2D eigenvalue weighted by Crippen LogP contribution is 2.38. The van der Waals surface area contributed by atoms with Crippen LogP contribution in [0.2, 0.25) is 0 Å². The van der Waals surface area contributed by atoms with E-state index in [0.717, 1.165) is 19.4 Å². The van der Waals surface area contributed by atoms with Crippen LogP contribution in [-0.2, 0) is 11.2 Å². The van der Waals surface area contributed by atoms with E-state index in [1.165, 1.54) is 5.56 Å². The second-order valence-electron chi connectivity index (χ2n) is 7.62. The summed E-state index contributed by atoms with van der Waals surface area (Å²) in [4.78, 5) is 14.4. The van der Waals surface area contributed by atoms with E-state index >= 15 is 0 Å². The van der Waals surface area contributed by atoms with Gasteiger partial charge in [0.2, 0.25) is 0 Å². The van der Waals surface area contributed by atoms with Gasteiger partial charge in [-0.25, -0.2) is 4.79 Å². The van der Waals surface area contributed by atoms with Crippen molar-refractivity contribution in [3.8, 4) is 0 Å². The van der Waals surface area contributed by atoms with E-state index in [1.54, 1.807) is 0 Å². The summed E-state index contributed by atoms with van der Waals surface area (Å²) < 4.78 is 5.57. The van der Waals surface area contributed by atoms with Gasteiger partial charge in [0.15, 0.2) is 0 Å². The Morgan fingerprint density at radius 2 is 1.90 bits per heavy atom. The molecule has 0 aromatic heterocycles. The number of likely N-dealkylation sites (tertiary alicyclic amines) is 1. The van der Waals surface area contributed by atoms with Gasteiger partial charge in [0.1, 0.15) is 5.60 Å². The molecule has 0 aliphatic carbocycles. The quantitative estimate of drug-likeness (QED) is 0.814. The van der Waals surface area contributed by atoms with Gasteiger partial charge in [-0.3, -0.25) is 0 Å². The molecule has 1 unspecified atom stereocenters. The van der Waals surface area contributed by atoms with Crippen molar-refractivity contribution in [2.45, 2.75) is 59.1 Å². The average Bonchev–Trinajstić information content (AvgIpc) is 2.65. The predicted molar refractivity (Wildman–Crippen MR) is 85.3 cm³/mol. The molecule has 1 amide bonds. The molecule has 3 nitrogen and oxygen atoms in total. The molecule has 1 aliphatic rings. The largest absolute Gasteiger partial charge is 0.444 e. The molecule has 1 fully saturated rings. The summed E-state index contributed by atoms with van der Waals surface area (Å²) in [5.74, 6) is 0. The lowest BCUT2D eigenvalue weighted by molar-refractivity contribution is 0.0179. The number of rotatable bonds is 2. The second-order valence-corrected chi connectivity index (χ2v) is 7.62. The van der Waals surface area contributed by atoms with Crippen molar-refractivity contribution in [2.24, 2.45) is 5.41 Å². The molecule has 0 spiro atoms. The van der Waals surface area contributed by atoms with Crippen LogP contribution < -0.4 is 0 Å². The maximum Gasteiger partial charge on any atom is 0.410 e. The number of carbonyl (C=O) groups excluding carboxylic acids is 1. The highest BCUT2D eigenvalue weighted by Gasteiger charge is 2.43. The van der Waals surface area contributed by atoms with Crippen molar-refractivity contribution in [1.82, 2.24) is 4.90 Å². The molecule has 2 rings (SSSR count). The Hall–Kier alpha value is -1.51. The minimum absolute atomic E-state index is 0.118. The summed E-state index contributed by atoms with van der Waals surface area (Å²) in [6.07, 6.45) is 1.71. The van der Waals surface area contributed by atoms with Gasteiger partial charge in [0.05, 0.1) is 0 Å². The average molecular weight is 289 g/mol. The van der Waals surface area contributed by atoms with E-state index in [-0.39, 0.29) is 17.6 Å². The third-order valence-electron chi connectivity index (χ3n) is 4.18. The van der Waals surface area contributed by atoms with Crippen LogP contribution in [0.5, 0.6) is 0 Å². The predicted octanol–water partition coefficient (Wildman–Crippen LogP) is 4.26. The number of benzene rings is 1. The number of nitrogens with zero attached hydrogens (tertiary/aromatic N) is 1. The van der Waals surface area contributed by atoms with Crippen molar-refractivity contribution in [1.29, 1.82) is 0 Å². The van der Waals surface area contributed by atoms with Gasteiger partial charge >= 0.3 is 6.09 Å². The lowest BCUT2D eigenvalue weighted by Gasteiger charge is -2.34. The summed E-state index contributed by atoms with van der Waals surface area (Å²) >= 11 is 0. The highest BCUT2D eigenvalue weighted by atomic mass is 16.6. The molecular weight excluding hydrogens is 262 g/mol. The summed E-state index contributed by atoms with van der Waals surface area (Å²) in [5.41, 5.74) is 0.944. The van der Waals surface area contributed by atoms with Gasteiger partial charge in [-0.15, -0.1) is 0 Å². The maximum absolute atomic E-state index is 12.5. The molecule has 0 bridgehead atoms. The van der Waals surface area contributed by atoms with Crippen LogP contribution in [0.4, 0.5) is 4.79 Å². The minimum Gasteiger partial charge on any atom is -0.444 e. The van der Waals surface area contributed by atoms with Crippen molar-refractivity contribution in [2.75, 3.05) is 6.54 Å². The lowest BCUT2D eigenvalue weighted by atomic mass is 9.81. The van der Waals surface area contributed by atoms with Crippen molar-refractivity contribution in [3.05, 3.63) is 35.9 Å². The van der Waals surface area contributed by atoms with Crippen LogP contribution in [0.15, 0.2) is 30.3 Å². The Kier molecular flexibility index (Phi) is 4.31. The highest BCUT2D eigenvalue weighted by molar-refractivity contribution is 5.69. The van der Waals surface area contributed by atoms with Gasteiger partial charge in [0, 0.05) is 12.6 Å². The number of hydrogen-bond donors (Lipinski definition) is 0. The molecule has 3 heteroatoms. The van der Waals surface area contributed by atoms with E-state index < -0.39 is 5.60 Å². The van der Waals surface area contributed by atoms with Crippen molar-refractivity contribution < 1.29 is 9.53 Å². The Morgan fingerprint density at radius 1 is 1.29 bits per heavy atom. The Morgan fingerprint density at radius 3 is 2.48 bits per heavy atom. The molecule has 21 heavy (non-hydrogen) atoms. The third kappa shape index (κ3) is 3.99. The molecule has 0 radical (unpaired) electrons. The van der Waals surface area contributed by atoms with E-state index in [0.29, 0.717) is 0 Å². The van der Waals surface area contributed by atoms with Crippen molar-refractivity contribution in [3.63, 3.8) is 0 Å². The van der Waals surface area contributed by atoms with Crippen LogP contribution >= 0.6 is 0 Å². The summed E-state index contributed by atoms with van der Waals surface area (Å²) in [6, 6.07) is 10.6. The number of hydrogen-bond acceptors (Lipinski definition) is 2. The number of amides is 1. The molecule has 116 valence electrons. The van der Waals surface area contributed by atoms with E-state index in [4.69, 9.17) is 4.74 Å². The topological polar surface area (TPSA) is 29.5 Å². The minimum atomic E-state index is -0.443. The van der Waals surface area contributed by atoms with E-state index in [2.05, 4.69) is 38.1 Å². The van der Waals surface area contributed by atoms with E-state index in [9.17, 15) is 4.79 Å². The van der Waals surface area contributed by atoms with Gasteiger partial charge in [-0.1, -0.05) is 44.2 Å². The van der Waals surface area contributed by atoms with Crippen LogP contribution in [-0.4, -0.2) is 29.2 Å². The summed E-state index contributed by atoms with van der Waals surface area (Å²) in [5, 5.41) is 0. The molecule has 1 aliphatic heterocycles. The monoisotopic (exact) mass is 289 g/mol. The molecule has 1 saturated heterocycles. The van der Waals surface area contributed by atoms with Gasteiger partial charge < -0.3 is 9.64 Å². The van der Waals surface area contributed by atoms with Crippen LogP contribution in [0.3, 0.4) is 0 Å².